The van der Waals surface area contributed by atoms with E-state index in [1.165, 1.54) is 0 Å². The van der Waals surface area contributed by atoms with Crippen LogP contribution in [-0.2, 0) is 13.0 Å². The molecule has 1 N–H and O–H groups in total. The average Bonchev–Trinajstić information content (AvgIpc) is 2.33. The lowest BCUT2D eigenvalue weighted by atomic mass is 10.2. The van der Waals surface area contributed by atoms with Gasteiger partial charge < -0.3 is 9.52 Å². The predicted octanol–water partition coefficient (Wildman–Crippen LogP) is 1.26. The van der Waals surface area contributed by atoms with Crippen molar-refractivity contribution in [2.75, 3.05) is 0 Å². The van der Waals surface area contributed by atoms with Gasteiger partial charge >= 0.3 is 0 Å². The molecule has 1 aromatic heterocycles. The van der Waals surface area contributed by atoms with Gasteiger partial charge in [0.2, 0.25) is 0 Å². The van der Waals surface area contributed by atoms with Gasteiger partial charge in [-0.2, -0.15) is 0 Å². The molecule has 2 nitrogen and oxygen atoms in total. The molecule has 1 heterocycles. The summed E-state index contributed by atoms with van der Waals surface area (Å²) < 4.78 is 5.21. The summed E-state index contributed by atoms with van der Waals surface area (Å²) >= 11 is 0. The monoisotopic (exact) mass is 150 g/mol. The van der Waals surface area contributed by atoms with Gasteiger partial charge in [0.05, 0.1) is 6.42 Å². The van der Waals surface area contributed by atoms with E-state index in [1.807, 2.05) is 6.92 Å². The highest BCUT2D eigenvalue weighted by molar-refractivity contribution is 5.22. The summed E-state index contributed by atoms with van der Waals surface area (Å²) in [6.07, 6.45) is 5.60. The molecule has 0 aliphatic heterocycles. The fourth-order valence-electron chi connectivity index (χ4n) is 0.936. The zero-order valence-corrected chi connectivity index (χ0v) is 6.42. The van der Waals surface area contributed by atoms with Crippen molar-refractivity contribution in [3.63, 3.8) is 0 Å². The molecule has 0 aromatic carbocycles. The van der Waals surface area contributed by atoms with Gasteiger partial charge in [-0.1, -0.05) is 5.92 Å². The van der Waals surface area contributed by atoms with Gasteiger partial charge in [0.25, 0.3) is 0 Å². The maximum Gasteiger partial charge on any atom is 0.129 e. The van der Waals surface area contributed by atoms with Crippen LogP contribution in [0.15, 0.2) is 10.5 Å². The van der Waals surface area contributed by atoms with E-state index in [4.69, 9.17) is 15.9 Å². The maximum absolute atomic E-state index is 8.70. The van der Waals surface area contributed by atoms with Crippen molar-refractivity contribution < 1.29 is 9.52 Å². The second-order valence-corrected chi connectivity index (χ2v) is 2.36. The number of aliphatic hydroxyl groups excluding tert-OH is 1. The number of terminal acetylenes is 1. The molecule has 0 bridgehead atoms. The molecular formula is C9H10O2. The van der Waals surface area contributed by atoms with Crippen molar-refractivity contribution >= 4 is 0 Å². The number of aryl methyl sites for hydroxylation is 1. The van der Waals surface area contributed by atoms with E-state index in [-0.39, 0.29) is 6.61 Å². The van der Waals surface area contributed by atoms with Gasteiger partial charge in [-0.05, 0) is 18.6 Å². The summed E-state index contributed by atoms with van der Waals surface area (Å²) in [4.78, 5) is 0. The van der Waals surface area contributed by atoms with E-state index in [0.29, 0.717) is 12.2 Å². The highest BCUT2D eigenvalue weighted by atomic mass is 16.4. The van der Waals surface area contributed by atoms with Crippen LogP contribution >= 0.6 is 0 Å². The largest absolute Gasteiger partial charge is 0.462 e. The van der Waals surface area contributed by atoms with Crippen molar-refractivity contribution in [1.82, 2.24) is 0 Å². The normalized spacial score (nSPS) is 9.55. The predicted molar refractivity (Wildman–Crippen MR) is 41.9 cm³/mol. The van der Waals surface area contributed by atoms with Crippen LogP contribution in [0.5, 0.6) is 0 Å². The fourth-order valence-corrected chi connectivity index (χ4v) is 0.936. The molecule has 0 aliphatic rings. The molecule has 11 heavy (non-hydrogen) atoms. The summed E-state index contributed by atoms with van der Waals surface area (Å²) in [5.41, 5.74) is 1.01. The van der Waals surface area contributed by atoms with Crippen molar-refractivity contribution in [2.45, 2.75) is 20.0 Å². The van der Waals surface area contributed by atoms with Crippen LogP contribution < -0.4 is 0 Å². The quantitative estimate of drug-likeness (QED) is 0.644. The van der Waals surface area contributed by atoms with Crippen LogP contribution in [0.3, 0.4) is 0 Å². The molecule has 2 heteroatoms. The van der Waals surface area contributed by atoms with E-state index in [1.54, 1.807) is 6.07 Å². The van der Waals surface area contributed by atoms with E-state index in [9.17, 15) is 0 Å². The van der Waals surface area contributed by atoms with Crippen LogP contribution in [0.1, 0.15) is 17.1 Å². The van der Waals surface area contributed by atoms with Crippen LogP contribution in [0.2, 0.25) is 0 Å². The Labute approximate surface area is 65.8 Å². The van der Waals surface area contributed by atoms with Crippen LogP contribution in [-0.4, -0.2) is 5.11 Å². The molecule has 58 valence electrons. The second kappa shape index (κ2) is 3.27. The number of furan rings is 1. The standard InChI is InChI=1S/C9H10O2/c1-3-4-9-7(2)5-8(6-10)11-9/h1,5,10H,4,6H2,2H3. The highest BCUT2D eigenvalue weighted by Gasteiger charge is 2.04. The van der Waals surface area contributed by atoms with Crippen LogP contribution in [0, 0.1) is 19.3 Å². The summed E-state index contributed by atoms with van der Waals surface area (Å²) in [6, 6.07) is 1.80. The molecule has 0 amide bonds. The first-order valence-corrected chi connectivity index (χ1v) is 3.40. The molecule has 0 radical (unpaired) electrons. The SMILES string of the molecule is C#CCc1oc(CO)cc1C. The third kappa shape index (κ3) is 1.63. The summed E-state index contributed by atoms with van der Waals surface area (Å²) in [5.74, 6) is 3.84. The van der Waals surface area contributed by atoms with Gasteiger partial charge in [0.15, 0.2) is 0 Å². The maximum atomic E-state index is 8.70. The van der Waals surface area contributed by atoms with E-state index >= 15 is 0 Å². The fraction of sp³-hybridized carbons (Fsp3) is 0.333. The number of hydrogen-bond acceptors (Lipinski definition) is 2. The minimum Gasteiger partial charge on any atom is -0.462 e. The Morgan fingerprint density at radius 3 is 2.91 bits per heavy atom. The first-order valence-electron chi connectivity index (χ1n) is 3.40. The van der Waals surface area contributed by atoms with Crippen molar-refractivity contribution in [3.8, 4) is 12.3 Å². The Bertz CT molecular complexity index is 278. The lowest BCUT2D eigenvalue weighted by Gasteiger charge is -1.88. The van der Waals surface area contributed by atoms with Gasteiger partial charge in [0, 0.05) is 0 Å². The molecule has 0 unspecified atom stereocenters. The minimum atomic E-state index is -0.0641. The van der Waals surface area contributed by atoms with Gasteiger partial charge in [0.1, 0.15) is 18.1 Å². The van der Waals surface area contributed by atoms with E-state index < -0.39 is 0 Å². The highest BCUT2D eigenvalue weighted by Crippen LogP contribution is 2.14. The third-order valence-electron chi connectivity index (χ3n) is 1.49. The average molecular weight is 150 g/mol. The van der Waals surface area contributed by atoms with E-state index in [2.05, 4.69) is 5.92 Å². The second-order valence-electron chi connectivity index (χ2n) is 2.36. The zero-order chi connectivity index (χ0) is 8.27. The Morgan fingerprint density at radius 2 is 2.45 bits per heavy atom. The Hall–Kier alpha value is -1.20. The number of aliphatic hydroxyl groups is 1. The number of rotatable bonds is 2. The molecule has 0 aliphatic carbocycles. The molecule has 0 saturated heterocycles. The Kier molecular flexibility index (Phi) is 2.35. The third-order valence-corrected chi connectivity index (χ3v) is 1.49. The van der Waals surface area contributed by atoms with Gasteiger partial charge in [-0.25, -0.2) is 0 Å². The lowest BCUT2D eigenvalue weighted by Crippen LogP contribution is -1.78. The molecule has 0 fully saturated rings. The topological polar surface area (TPSA) is 33.4 Å². The minimum absolute atomic E-state index is 0.0641. The molecule has 0 saturated carbocycles. The number of hydrogen-bond donors (Lipinski definition) is 1. The Morgan fingerprint density at radius 1 is 1.73 bits per heavy atom. The Balaban J connectivity index is 2.90. The molecular weight excluding hydrogens is 140 g/mol. The van der Waals surface area contributed by atoms with E-state index in [0.717, 1.165) is 11.3 Å². The van der Waals surface area contributed by atoms with Gasteiger partial charge in [-0.3, -0.25) is 0 Å². The first kappa shape index (κ1) is 7.90. The molecule has 1 aromatic rings. The van der Waals surface area contributed by atoms with Crippen LogP contribution in [0.4, 0.5) is 0 Å². The lowest BCUT2D eigenvalue weighted by molar-refractivity contribution is 0.244. The summed E-state index contributed by atoms with van der Waals surface area (Å²) in [6.45, 7) is 1.85. The molecule has 0 atom stereocenters. The van der Waals surface area contributed by atoms with Crippen molar-refractivity contribution in [2.24, 2.45) is 0 Å². The molecule has 1 rings (SSSR count). The smallest absolute Gasteiger partial charge is 0.129 e. The zero-order valence-electron chi connectivity index (χ0n) is 6.42. The van der Waals surface area contributed by atoms with Crippen LogP contribution in [0.25, 0.3) is 0 Å². The molecule has 0 spiro atoms. The first-order chi connectivity index (χ1) is 5.27. The van der Waals surface area contributed by atoms with Gasteiger partial charge in [-0.15, -0.1) is 6.42 Å². The van der Waals surface area contributed by atoms with Crippen molar-refractivity contribution in [1.29, 1.82) is 0 Å². The van der Waals surface area contributed by atoms with Crippen molar-refractivity contribution in [3.05, 3.63) is 23.2 Å². The summed E-state index contributed by atoms with van der Waals surface area (Å²) in [7, 11) is 0. The summed E-state index contributed by atoms with van der Waals surface area (Å²) in [5, 5.41) is 8.70.